The molecule has 1 aliphatic heterocycles. The summed E-state index contributed by atoms with van der Waals surface area (Å²) in [6, 6.07) is 11.5. The third kappa shape index (κ3) is 5.11. The van der Waals surface area contributed by atoms with Crippen LogP contribution in [0.4, 0.5) is 0 Å². The van der Waals surface area contributed by atoms with Gasteiger partial charge in [0.05, 0.1) is 19.4 Å². The van der Waals surface area contributed by atoms with E-state index in [1.54, 1.807) is 25.6 Å². The summed E-state index contributed by atoms with van der Waals surface area (Å²) in [6.45, 7) is 5.35. The van der Waals surface area contributed by atoms with Crippen molar-refractivity contribution in [2.24, 2.45) is 0 Å². The summed E-state index contributed by atoms with van der Waals surface area (Å²) in [4.78, 5) is 26.4. The van der Waals surface area contributed by atoms with E-state index in [0.717, 1.165) is 55.2 Å². The summed E-state index contributed by atoms with van der Waals surface area (Å²) in [5.74, 6) is 2.41. The van der Waals surface area contributed by atoms with E-state index in [1.807, 2.05) is 25.1 Å². The highest BCUT2D eigenvalue weighted by molar-refractivity contribution is 5.52. The molecule has 0 bridgehead atoms. The van der Waals surface area contributed by atoms with Crippen LogP contribution in [0.2, 0.25) is 0 Å². The van der Waals surface area contributed by atoms with Gasteiger partial charge in [-0.15, -0.1) is 0 Å². The van der Waals surface area contributed by atoms with Crippen LogP contribution in [0.1, 0.15) is 36.9 Å². The van der Waals surface area contributed by atoms with E-state index in [-0.39, 0.29) is 11.5 Å². The summed E-state index contributed by atoms with van der Waals surface area (Å²) in [6.07, 6.45) is 5.37. The Morgan fingerprint density at radius 2 is 2.00 bits per heavy atom. The summed E-state index contributed by atoms with van der Waals surface area (Å²) in [7, 11) is 1.66. The van der Waals surface area contributed by atoms with Gasteiger partial charge in [-0.05, 0) is 62.7 Å². The second-order valence-electron chi connectivity index (χ2n) is 7.73. The molecular weight excluding hydrogens is 392 g/mol. The monoisotopic (exact) mass is 420 g/mol. The third-order valence-corrected chi connectivity index (χ3v) is 5.64. The topological polar surface area (TPSA) is 80.3 Å². The van der Waals surface area contributed by atoms with E-state index < -0.39 is 0 Å². The van der Waals surface area contributed by atoms with Gasteiger partial charge < -0.3 is 14.5 Å². The van der Waals surface area contributed by atoms with E-state index >= 15 is 0 Å². The average Bonchev–Trinajstić information content (AvgIpc) is 2.80. The number of methoxy groups -OCH3 is 1. The number of hydrogen-bond acceptors (Lipinski definition) is 6. The number of aromatic nitrogens is 3. The molecular formula is C24H28N4O3. The fraction of sp³-hybridized carbons (Fsp3) is 0.375. The molecule has 0 aliphatic carbocycles. The number of nitrogens with one attached hydrogen (secondary N) is 1. The number of benzene rings is 1. The molecule has 1 aromatic carbocycles. The maximum Gasteiger partial charge on any atom is 0.251 e. The molecule has 4 rings (SSSR count). The molecule has 1 fully saturated rings. The second-order valence-corrected chi connectivity index (χ2v) is 7.73. The number of rotatable bonds is 7. The lowest BCUT2D eigenvalue weighted by Crippen LogP contribution is -2.33. The Kier molecular flexibility index (Phi) is 6.62. The van der Waals surface area contributed by atoms with Crippen LogP contribution in [0.3, 0.4) is 0 Å². The van der Waals surface area contributed by atoms with Gasteiger partial charge in [0.25, 0.3) is 5.56 Å². The van der Waals surface area contributed by atoms with E-state index in [4.69, 9.17) is 14.5 Å². The van der Waals surface area contributed by atoms with Crippen molar-refractivity contribution in [3.05, 3.63) is 70.4 Å². The molecule has 0 atom stereocenters. The zero-order chi connectivity index (χ0) is 21.6. The van der Waals surface area contributed by atoms with Crippen molar-refractivity contribution in [2.45, 2.75) is 32.2 Å². The molecule has 3 aromatic rings. The maximum atomic E-state index is 12.2. The zero-order valence-electron chi connectivity index (χ0n) is 18.0. The highest BCUT2D eigenvalue weighted by atomic mass is 16.5. The molecule has 0 saturated carbocycles. The molecule has 0 amide bonds. The first kappa shape index (κ1) is 21.1. The Morgan fingerprint density at radius 3 is 2.71 bits per heavy atom. The quantitative estimate of drug-likeness (QED) is 0.629. The van der Waals surface area contributed by atoms with Crippen LogP contribution in [0.5, 0.6) is 11.5 Å². The number of H-pyrrole nitrogens is 1. The molecule has 1 saturated heterocycles. The molecule has 0 unspecified atom stereocenters. The Morgan fingerprint density at radius 1 is 1.16 bits per heavy atom. The van der Waals surface area contributed by atoms with Gasteiger partial charge in [-0.3, -0.25) is 14.7 Å². The fourth-order valence-electron chi connectivity index (χ4n) is 4.06. The van der Waals surface area contributed by atoms with Gasteiger partial charge in [0.15, 0.2) is 11.5 Å². The number of aromatic amines is 1. The summed E-state index contributed by atoms with van der Waals surface area (Å²) < 4.78 is 11.1. The van der Waals surface area contributed by atoms with Crippen molar-refractivity contribution in [2.75, 3.05) is 26.8 Å². The molecule has 31 heavy (non-hydrogen) atoms. The molecule has 1 N–H and O–H groups in total. The lowest BCUT2D eigenvalue weighted by atomic mass is 9.93. The van der Waals surface area contributed by atoms with Crippen LogP contribution in [0.15, 0.2) is 53.6 Å². The van der Waals surface area contributed by atoms with E-state index in [9.17, 15) is 4.79 Å². The molecule has 3 heterocycles. The first-order chi connectivity index (χ1) is 15.2. The largest absolute Gasteiger partial charge is 0.493 e. The van der Waals surface area contributed by atoms with Crippen LogP contribution in [0.25, 0.3) is 11.4 Å². The van der Waals surface area contributed by atoms with Gasteiger partial charge in [-0.1, -0.05) is 6.07 Å². The molecule has 0 spiro atoms. The van der Waals surface area contributed by atoms with E-state index in [1.165, 1.54) is 5.56 Å². The number of ether oxygens (including phenoxy) is 2. The fourth-order valence-corrected chi connectivity index (χ4v) is 4.06. The van der Waals surface area contributed by atoms with Crippen molar-refractivity contribution < 1.29 is 9.47 Å². The normalized spacial score (nSPS) is 15.0. The maximum absolute atomic E-state index is 12.2. The van der Waals surface area contributed by atoms with Crippen molar-refractivity contribution in [1.29, 1.82) is 0 Å². The number of nitrogens with zero attached hydrogens (tertiary/aromatic N) is 3. The van der Waals surface area contributed by atoms with E-state index in [0.29, 0.717) is 12.4 Å². The first-order valence-electron chi connectivity index (χ1n) is 10.7. The van der Waals surface area contributed by atoms with Crippen LogP contribution >= 0.6 is 0 Å². The smallest absolute Gasteiger partial charge is 0.251 e. The first-order valence-corrected chi connectivity index (χ1v) is 10.7. The van der Waals surface area contributed by atoms with Crippen molar-refractivity contribution >= 4 is 0 Å². The summed E-state index contributed by atoms with van der Waals surface area (Å²) >= 11 is 0. The van der Waals surface area contributed by atoms with Crippen LogP contribution in [-0.2, 0) is 6.54 Å². The standard InChI is InChI=1S/C24H28N4O3/c1-3-31-22-13-17(6-7-21(22)30-2)16-28-11-8-18(9-12-28)20-14-23(29)27-24(26-20)19-5-4-10-25-15-19/h4-7,10,13-15,18H,3,8-9,11-12,16H2,1-2H3,(H,26,27,29). The summed E-state index contributed by atoms with van der Waals surface area (Å²) in [5.41, 5.74) is 2.78. The number of likely N-dealkylation sites (tertiary alicyclic amines) is 1. The van der Waals surface area contributed by atoms with Gasteiger partial charge in [0.2, 0.25) is 0 Å². The average molecular weight is 421 g/mol. The molecule has 2 aromatic heterocycles. The number of pyridine rings is 1. The molecule has 1 aliphatic rings. The van der Waals surface area contributed by atoms with Gasteiger partial charge in [-0.25, -0.2) is 4.98 Å². The lowest BCUT2D eigenvalue weighted by molar-refractivity contribution is 0.203. The van der Waals surface area contributed by atoms with Gasteiger partial charge in [-0.2, -0.15) is 0 Å². The van der Waals surface area contributed by atoms with Crippen molar-refractivity contribution in [3.63, 3.8) is 0 Å². The van der Waals surface area contributed by atoms with Crippen LogP contribution in [-0.4, -0.2) is 46.7 Å². The van der Waals surface area contributed by atoms with Gasteiger partial charge in [0, 0.05) is 36.5 Å². The van der Waals surface area contributed by atoms with Gasteiger partial charge >= 0.3 is 0 Å². The van der Waals surface area contributed by atoms with E-state index in [2.05, 4.69) is 27.0 Å². The highest BCUT2D eigenvalue weighted by Gasteiger charge is 2.23. The molecule has 7 nitrogen and oxygen atoms in total. The lowest BCUT2D eigenvalue weighted by Gasteiger charge is -2.31. The highest BCUT2D eigenvalue weighted by Crippen LogP contribution is 2.31. The zero-order valence-corrected chi connectivity index (χ0v) is 18.0. The predicted octanol–water partition coefficient (Wildman–Crippen LogP) is 3.62. The minimum Gasteiger partial charge on any atom is -0.493 e. The summed E-state index contributed by atoms with van der Waals surface area (Å²) in [5, 5.41) is 0. The minimum atomic E-state index is -0.118. The van der Waals surface area contributed by atoms with Crippen molar-refractivity contribution in [1.82, 2.24) is 19.9 Å². The molecule has 7 heteroatoms. The molecule has 0 radical (unpaired) electrons. The van der Waals surface area contributed by atoms with Gasteiger partial charge in [0.1, 0.15) is 5.82 Å². The van der Waals surface area contributed by atoms with Crippen molar-refractivity contribution in [3.8, 4) is 22.9 Å². The SMILES string of the molecule is CCOc1cc(CN2CCC(c3cc(=O)[nH]c(-c4cccnc4)n3)CC2)ccc1OC. The second kappa shape index (κ2) is 9.75. The Labute approximate surface area is 182 Å². The van der Waals surface area contributed by atoms with Crippen LogP contribution < -0.4 is 15.0 Å². The third-order valence-electron chi connectivity index (χ3n) is 5.64. The Bertz CT molecular complexity index is 1060. The number of hydrogen-bond donors (Lipinski definition) is 1. The van der Waals surface area contributed by atoms with Crippen LogP contribution in [0, 0.1) is 0 Å². The molecule has 162 valence electrons. The Hall–Kier alpha value is -3.19. The Balaban J connectivity index is 1.42. The minimum absolute atomic E-state index is 0.118. The predicted molar refractivity (Wildman–Crippen MR) is 120 cm³/mol. The number of piperidine rings is 1.